The van der Waals surface area contributed by atoms with E-state index in [0.717, 1.165) is 0 Å². The first-order chi connectivity index (χ1) is 15.7. The number of hydrogen-bond donors (Lipinski definition) is 3. The van der Waals surface area contributed by atoms with Gasteiger partial charge in [0.15, 0.2) is 5.13 Å². The zero-order chi connectivity index (χ0) is 24.0. The Morgan fingerprint density at radius 3 is 2.33 bits per heavy atom. The highest BCUT2D eigenvalue weighted by Crippen LogP contribution is 2.18. The van der Waals surface area contributed by atoms with Crippen molar-refractivity contribution in [2.24, 2.45) is 5.14 Å². The average molecular weight is 497 g/mol. The number of ether oxygens (including phenoxy) is 1. The van der Waals surface area contributed by atoms with Gasteiger partial charge in [-0.15, -0.1) is 11.3 Å². The molecule has 14 heteroatoms. The number of sulfonamides is 1. The van der Waals surface area contributed by atoms with Gasteiger partial charge < -0.3 is 19.9 Å². The van der Waals surface area contributed by atoms with Gasteiger partial charge in [0.25, 0.3) is 0 Å². The summed E-state index contributed by atoms with van der Waals surface area (Å²) < 4.78 is 27.5. The number of thiazole rings is 1. The fourth-order valence-electron chi connectivity index (χ4n) is 3.02. The highest BCUT2D eigenvalue weighted by molar-refractivity contribution is 7.89. The van der Waals surface area contributed by atoms with E-state index in [9.17, 15) is 22.8 Å². The Labute approximate surface area is 194 Å². The van der Waals surface area contributed by atoms with E-state index in [-0.39, 0.29) is 29.3 Å². The quantitative estimate of drug-likeness (QED) is 0.542. The van der Waals surface area contributed by atoms with Crippen molar-refractivity contribution < 1.29 is 27.5 Å². The molecule has 1 fully saturated rings. The Balaban J connectivity index is 1.47. The lowest BCUT2D eigenvalue weighted by molar-refractivity contribution is -0.115. The van der Waals surface area contributed by atoms with Crippen molar-refractivity contribution in [3.8, 4) is 0 Å². The SMILES string of the molecule is CCOC(=O)N1CCN(C(=O)Nc2nc(CC(=O)Nc3ccc(S(N)(=O)=O)cc3)cs2)CC1. The van der Waals surface area contributed by atoms with Gasteiger partial charge in [-0.1, -0.05) is 0 Å². The highest BCUT2D eigenvalue weighted by Gasteiger charge is 2.25. The molecule has 2 heterocycles. The highest BCUT2D eigenvalue weighted by atomic mass is 32.2. The number of primary sulfonamides is 1. The van der Waals surface area contributed by atoms with Gasteiger partial charge in [-0.3, -0.25) is 10.1 Å². The molecule has 0 atom stereocenters. The number of benzene rings is 1. The fraction of sp³-hybridized carbons (Fsp3) is 0.368. The first-order valence-corrected chi connectivity index (χ1v) is 12.4. The Kier molecular flexibility index (Phi) is 7.84. The molecule has 12 nitrogen and oxygen atoms in total. The molecular formula is C19H24N6O6S2. The van der Waals surface area contributed by atoms with Gasteiger partial charge in [0.1, 0.15) is 0 Å². The molecule has 0 unspecified atom stereocenters. The molecule has 0 radical (unpaired) electrons. The summed E-state index contributed by atoms with van der Waals surface area (Å²) in [5.41, 5.74) is 0.888. The number of nitrogens with two attached hydrogens (primary N) is 1. The first-order valence-electron chi connectivity index (χ1n) is 10.0. The summed E-state index contributed by atoms with van der Waals surface area (Å²) in [6.45, 7) is 3.54. The van der Waals surface area contributed by atoms with E-state index in [0.29, 0.717) is 49.3 Å². The second kappa shape index (κ2) is 10.6. The van der Waals surface area contributed by atoms with Crippen LogP contribution in [0.4, 0.5) is 20.4 Å². The maximum Gasteiger partial charge on any atom is 0.409 e. The number of rotatable bonds is 6. The number of anilines is 2. The summed E-state index contributed by atoms with van der Waals surface area (Å²) in [5.74, 6) is -0.350. The molecule has 0 bridgehead atoms. The van der Waals surface area contributed by atoms with Crippen LogP contribution in [-0.4, -0.2) is 74.0 Å². The van der Waals surface area contributed by atoms with Crippen LogP contribution in [0.25, 0.3) is 0 Å². The van der Waals surface area contributed by atoms with Crippen molar-refractivity contribution in [1.82, 2.24) is 14.8 Å². The largest absolute Gasteiger partial charge is 0.450 e. The Bertz CT molecular complexity index is 1110. The van der Waals surface area contributed by atoms with E-state index in [1.807, 2.05) is 0 Å². The molecule has 1 aliphatic heterocycles. The van der Waals surface area contributed by atoms with Gasteiger partial charge in [0.05, 0.1) is 23.6 Å². The molecule has 4 amide bonds. The molecule has 0 spiro atoms. The number of carbonyl (C=O) groups is 3. The minimum absolute atomic E-state index is 0.0263. The van der Waals surface area contributed by atoms with Crippen LogP contribution in [0.3, 0.4) is 0 Å². The van der Waals surface area contributed by atoms with Crippen molar-refractivity contribution in [3.63, 3.8) is 0 Å². The van der Waals surface area contributed by atoms with E-state index in [1.165, 1.54) is 35.6 Å². The fourth-order valence-corrected chi connectivity index (χ4v) is 4.24. The third kappa shape index (κ3) is 6.87. The number of aromatic nitrogens is 1. The minimum Gasteiger partial charge on any atom is -0.450 e. The van der Waals surface area contributed by atoms with Crippen LogP contribution in [0.15, 0.2) is 34.5 Å². The van der Waals surface area contributed by atoms with E-state index in [4.69, 9.17) is 9.88 Å². The van der Waals surface area contributed by atoms with Crippen LogP contribution >= 0.6 is 11.3 Å². The molecule has 4 N–H and O–H groups in total. The molecular weight excluding hydrogens is 472 g/mol. The maximum atomic E-state index is 12.5. The number of amides is 4. The topological polar surface area (TPSA) is 164 Å². The molecule has 178 valence electrons. The molecule has 1 aromatic heterocycles. The lowest BCUT2D eigenvalue weighted by Gasteiger charge is -2.33. The van der Waals surface area contributed by atoms with E-state index in [1.54, 1.807) is 22.1 Å². The lowest BCUT2D eigenvalue weighted by atomic mass is 10.3. The van der Waals surface area contributed by atoms with Crippen LogP contribution in [0.2, 0.25) is 0 Å². The third-order valence-corrected chi connectivity index (χ3v) is 6.40. The molecule has 1 saturated heterocycles. The van der Waals surface area contributed by atoms with Gasteiger partial charge in [-0.25, -0.2) is 28.1 Å². The smallest absolute Gasteiger partial charge is 0.409 e. The van der Waals surface area contributed by atoms with Crippen molar-refractivity contribution in [2.45, 2.75) is 18.2 Å². The zero-order valence-corrected chi connectivity index (χ0v) is 19.4. The first kappa shape index (κ1) is 24.4. The van der Waals surface area contributed by atoms with Crippen LogP contribution < -0.4 is 15.8 Å². The van der Waals surface area contributed by atoms with Gasteiger partial charge in [0.2, 0.25) is 15.9 Å². The van der Waals surface area contributed by atoms with Gasteiger partial charge in [-0.05, 0) is 31.2 Å². The third-order valence-electron chi connectivity index (χ3n) is 4.67. The molecule has 0 saturated carbocycles. The van der Waals surface area contributed by atoms with E-state index in [2.05, 4.69) is 15.6 Å². The standard InChI is InChI=1S/C19H24N6O6S2/c1-2-31-19(28)25-9-7-24(8-10-25)18(27)23-17-22-14(12-32-17)11-16(26)21-13-3-5-15(6-4-13)33(20,29)30/h3-6,12H,2,7-11H2,1H3,(H,21,26)(H2,20,29,30)(H,22,23,27). The van der Waals surface area contributed by atoms with Gasteiger partial charge in [0, 0.05) is 37.2 Å². The molecule has 1 aromatic carbocycles. The predicted molar refractivity (Wildman–Crippen MR) is 121 cm³/mol. The van der Waals surface area contributed by atoms with E-state index >= 15 is 0 Å². The minimum atomic E-state index is -3.80. The molecule has 1 aliphatic rings. The predicted octanol–water partition coefficient (Wildman–Crippen LogP) is 1.28. The van der Waals surface area contributed by atoms with E-state index < -0.39 is 10.0 Å². The Morgan fingerprint density at radius 1 is 1.09 bits per heavy atom. The monoisotopic (exact) mass is 496 g/mol. The van der Waals surface area contributed by atoms with Gasteiger partial charge in [-0.2, -0.15) is 0 Å². The van der Waals surface area contributed by atoms with Crippen LogP contribution in [-0.2, 0) is 26.0 Å². The zero-order valence-electron chi connectivity index (χ0n) is 17.8. The summed E-state index contributed by atoms with van der Waals surface area (Å²) in [7, 11) is -3.80. The second-order valence-electron chi connectivity index (χ2n) is 7.04. The molecule has 3 rings (SSSR count). The maximum absolute atomic E-state index is 12.5. The molecule has 33 heavy (non-hydrogen) atoms. The number of nitrogens with one attached hydrogen (secondary N) is 2. The van der Waals surface area contributed by atoms with Crippen molar-refractivity contribution in [2.75, 3.05) is 43.4 Å². The lowest BCUT2D eigenvalue weighted by Crippen LogP contribution is -2.51. The molecule has 0 aliphatic carbocycles. The summed E-state index contributed by atoms with van der Waals surface area (Å²) in [5, 5.41) is 12.4. The van der Waals surface area contributed by atoms with Gasteiger partial charge >= 0.3 is 12.1 Å². The Morgan fingerprint density at radius 2 is 1.73 bits per heavy atom. The summed E-state index contributed by atoms with van der Waals surface area (Å²) in [4.78, 5) is 43.8. The Hall–Kier alpha value is -3.23. The number of urea groups is 1. The number of carbonyl (C=O) groups excluding carboxylic acids is 3. The molecule has 2 aromatic rings. The van der Waals surface area contributed by atoms with Crippen molar-refractivity contribution >= 4 is 50.2 Å². The average Bonchev–Trinajstić information content (AvgIpc) is 3.20. The van der Waals surface area contributed by atoms with Crippen LogP contribution in [0, 0.1) is 0 Å². The van der Waals surface area contributed by atoms with Crippen LogP contribution in [0.1, 0.15) is 12.6 Å². The normalized spacial score (nSPS) is 14.0. The summed E-state index contributed by atoms with van der Waals surface area (Å²) in [6.07, 6.45) is -0.414. The number of hydrogen-bond acceptors (Lipinski definition) is 8. The number of piperazine rings is 1. The summed E-state index contributed by atoms with van der Waals surface area (Å²) >= 11 is 1.19. The summed E-state index contributed by atoms with van der Waals surface area (Å²) in [6, 6.07) is 5.14. The number of nitrogens with zero attached hydrogens (tertiary/aromatic N) is 3. The van der Waals surface area contributed by atoms with Crippen molar-refractivity contribution in [1.29, 1.82) is 0 Å². The van der Waals surface area contributed by atoms with Crippen LogP contribution in [0.5, 0.6) is 0 Å². The second-order valence-corrected chi connectivity index (χ2v) is 9.46. The van der Waals surface area contributed by atoms with Crippen molar-refractivity contribution in [3.05, 3.63) is 35.3 Å².